The Morgan fingerprint density at radius 3 is 2.27 bits per heavy atom. The standard InChI is InChI=1S/C11H24N2O2/c1-5-14-11(15-6-2)8-7-9-12-10-13(3)4/h10-11H,5-9H2,1-4H3. The normalized spacial score (nSPS) is 11.5. The Kier molecular flexibility index (Phi) is 9.52. The SMILES string of the molecule is CCOC(CCCN=CN(C)C)OCC. The molecule has 0 N–H and O–H groups in total. The Hall–Kier alpha value is -0.610. The zero-order chi connectivity index (χ0) is 11.5. The fourth-order valence-electron chi connectivity index (χ4n) is 1.16. The van der Waals surface area contributed by atoms with Crippen molar-refractivity contribution in [2.24, 2.45) is 4.99 Å². The van der Waals surface area contributed by atoms with Crippen LogP contribution < -0.4 is 0 Å². The van der Waals surface area contributed by atoms with Crippen molar-refractivity contribution in [3.05, 3.63) is 0 Å². The molecule has 0 radical (unpaired) electrons. The van der Waals surface area contributed by atoms with Gasteiger partial charge in [-0.3, -0.25) is 4.99 Å². The Morgan fingerprint density at radius 2 is 1.80 bits per heavy atom. The topological polar surface area (TPSA) is 34.1 Å². The molecule has 0 aliphatic heterocycles. The van der Waals surface area contributed by atoms with E-state index in [0.29, 0.717) is 13.2 Å². The quantitative estimate of drug-likeness (QED) is 0.255. The van der Waals surface area contributed by atoms with Gasteiger partial charge < -0.3 is 14.4 Å². The highest BCUT2D eigenvalue weighted by Gasteiger charge is 2.06. The minimum Gasteiger partial charge on any atom is -0.369 e. The van der Waals surface area contributed by atoms with Gasteiger partial charge in [0.15, 0.2) is 6.29 Å². The molecule has 0 bridgehead atoms. The van der Waals surface area contributed by atoms with Crippen LogP contribution in [-0.2, 0) is 9.47 Å². The lowest BCUT2D eigenvalue weighted by atomic mass is 10.3. The molecule has 0 atom stereocenters. The van der Waals surface area contributed by atoms with E-state index >= 15 is 0 Å². The number of rotatable bonds is 9. The predicted octanol–water partition coefficient (Wildman–Crippen LogP) is 1.76. The first kappa shape index (κ1) is 14.4. The first-order valence-corrected chi connectivity index (χ1v) is 5.60. The van der Waals surface area contributed by atoms with E-state index in [9.17, 15) is 0 Å². The first-order valence-electron chi connectivity index (χ1n) is 5.60. The smallest absolute Gasteiger partial charge is 0.157 e. The summed E-state index contributed by atoms with van der Waals surface area (Å²) < 4.78 is 10.9. The molecule has 15 heavy (non-hydrogen) atoms. The molecule has 0 fully saturated rings. The van der Waals surface area contributed by atoms with E-state index in [4.69, 9.17) is 9.47 Å². The highest BCUT2D eigenvalue weighted by atomic mass is 16.7. The molecule has 0 spiro atoms. The number of hydrogen-bond acceptors (Lipinski definition) is 3. The van der Waals surface area contributed by atoms with Gasteiger partial charge in [0.05, 0.1) is 6.34 Å². The maximum absolute atomic E-state index is 5.43. The summed E-state index contributed by atoms with van der Waals surface area (Å²) in [5.41, 5.74) is 0. The predicted molar refractivity (Wildman–Crippen MR) is 63.3 cm³/mol. The van der Waals surface area contributed by atoms with Gasteiger partial charge in [-0.1, -0.05) is 0 Å². The fraction of sp³-hybridized carbons (Fsp3) is 0.909. The van der Waals surface area contributed by atoms with E-state index in [-0.39, 0.29) is 6.29 Å². The average molecular weight is 216 g/mol. The van der Waals surface area contributed by atoms with Crippen molar-refractivity contribution >= 4 is 6.34 Å². The minimum atomic E-state index is -0.0606. The molecular formula is C11H24N2O2. The molecule has 4 nitrogen and oxygen atoms in total. The van der Waals surface area contributed by atoms with E-state index in [1.54, 1.807) is 0 Å². The van der Waals surface area contributed by atoms with Crippen LogP contribution in [0.2, 0.25) is 0 Å². The molecule has 0 aliphatic carbocycles. The molecule has 0 unspecified atom stereocenters. The van der Waals surface area contributed by atoms with Crippen LogP contribution in [0.5, 0.6) is 0 Å². The zero-order valence-corrected chi connectivity index (χ0v) is 10.4. The third-order valence-corrected chi connectivity index (χ3v) is 1.74. The maximum atomic E-state index is 5.43. The lowest BCUT2D eigenvalue weighted by Crippen LogP contribution is -2.17. The summed E-state index contributed by atoms with van der Waals surface area (Å²) in [4.78, 5) is 6.19. The summed E-state index contributed by atoms with van der Waals surface area (Å²) in [5, 5.41) is 0. The molecule has 0 rings (SSSR count). The van der Waals surface area contributed by atoms with Crippen LogP contribution >= 0.6 is 0 Å². The summed E-state index contributed by atoms with van der Waals surface area (Å²) >= 11 is 0. The number of hydrogen-bond donors (Lipinski definition) is 0. The molecule has 0 aromatic heterocycles. The van der Waals surface area contributed by atoms with Gasteiger partial charge in [0.1, 0.15) is 0 Å². The molecule has 0 saturated carbocycles. The van der Waals surface area contributed by atoms with E-state index in [2.05, 4.69) is 4.99 Å². The molecule has 0 heterocycles. The Balaban J connectivity index is 3.52. The molecular weight excluding hydrogens is 192 g/mol. The number of nitrogens with zero attached hydrogens (tertiary/aromatic N) is 2. The van der Waals surface area contributed by atoms with Gasteiger partial charge in [-0.15, -0.1) is 0 Å². The third kappa shape index (κ3) is 9.69. The summed E-state index contributed by atoms with van der Waals surface area (Å²) in [6.45, 7) is 6.19. The van der Waals surface area contributed by atoms with Crippen molar-refractivity contribution in [3.8, 4) is 0 Å². The third-order valence-electron chi connectivity index (χ3n) is 1.74. The molecule has 0 aromatic carbocycles. The Labute approximate surface area is 93.3 Å². The second-order valence-electron chi connectivity index (χ2n) is 3.47. The average Bonchev–Trinajstić information content (AvgIpc) is 2.17. The van der Waals surface area contributed by atoms with E-state index < -0.39 is 0 Å². The molecule has 0 aromatic rings. The van der Waals surface area contributed by atoms with E-state index in [0.717, 1.165) is 19.4 Å². The van der Waals surface area contributed by atoms with Crippen molar-refractivity contribution in [2.75, 3.05) is 33.9 Å². The van der Waals surface area contributed by atoms with Gasteiger partial charge >= 0.3 is 0 Å². The van der Waals surface area contributed by atoms with Crippen molar-refractivity contribution < 1.29 is 9.47 Å². The summed E-state index contributed by atoms with van der Waals surface area (Å²) in [5.74, 6) is 0. The van der Waals surface area contributed by atoms with E-state index in [1.165, 1.54) is 0 Å². The van der Waals surface area contributed by atoms with Crippen LogP contribution in [-0.4, -0.2) is 51.4 Å². The van der Waals surface area contributed by atoms with Crippen molar-refractivity contribution in [1.29, 1.82) is 0 Å². The second-order valence-corrected chi connectivity index (χ2v) is 3.47. The largest absolute Gasteiger partial charge is 0.369 e. The van der Waals surface area contributed by atoms with Crippen molar-refractivity contribution in [2.45, 2.75) is 33.0 Å². The summed E-state index contributed by atoms with van der Waals surface area (Å²) in [6.07, 6.45) is 3.67. The van der Waals surface area contributed by atoms with E-state index in [1.807, 2.05) is 39.2 Å². The van der Waals surface area contributed by atoms with Crippen LogP contribution in [0, 0.1) is 0 Å². The van der Waals surface area contributed by atoms with Gasteiger partial charge in [-0.25, -0.2) is 0 Å². The van der Waals surface area contributed by atoms with Crippen LogP contribution in [0.15, 0.2) is 4.99 Å². The van der Waals surface area contributed by atoms with Crippen LogP contribution in [0.4, 0.5) is 0 Å². The van der Waals surface area contributed by atoms with Crippen LogP contribution in [0.3, 0.4) is 0 Å². The van der Waals surface area contributed by atoms with Crippen molar-refractivity contribution in [1.82, 2.24) is 4.90 Å². The lowest BCUT2D eigenvalue weighted by Gasteiger charge is -2.15. The van der Waals surface area contributed by atoms with Crippen LogP contribution in [0.25, 0.3) is 0 Å². The summed E-state index contributed by atoms with van der Waals surface area (Å²) in [7, 11) is 3.93. The van der Waals surface area contributed by atoms with Gasteiger partial charge in [-0.05, 0) is 20.3 Å². The fourth-order valence-corrected chi connectivity index (χ4v) is 1.16. The Bertz CT molecular complexity index is 155. The maximum Gasteiger partial charge on any atom is 0.157 e. The first-order chi connectivity index (χ1) is 7.20. The second kappa shape index (κ2) is 9.93. The number of ether oxygens (including phenoxy) is 2. The van der Waals surface area contributed by atoms with Gasteiger partial charge in [0.25, 0.3) is 0 Å². The van der Waals surface area contributed by atoms with Gasteiger partial charge in [0, 0.05) is 40.3 Å². The lowest BCUT2D eigenvalue weighted by molar-refractivity contribution is -0.139. The monoisotopic (exact) mass is 216 g/mol. The van der Waals surface area contributed by atoms with Gasteiger partial charge in [0.2, 0.25) is 0 Å². The molecule has 90 valence electrons. The highest BCUT2D eigenvalue weighted by Crippen LogP contribution is 2.04. The van der Waals surface area contributed by atoms with Crippen LogP contribution in [0.1, 0.15) is 26.7 Å². The molecule has 0 aliphatic rings. The summed E-state index contributed by atoms with van der Waals surface area (Å²) in [6, 6.07) is 0. The Morgan fingerprint density at radius 1 is 1.20 bits per heavy atom. The number of aliphatic imine (C=N–C) groups is 1. The van der Waals surface area contributed by atoms with Crippen molar-refractivity contribution in [3.63, 3.8) is 0 Å². The highest BCUT2D eigenvalue weighted by molar-refractivity contribution is 5.53. The molecule has 0 saturated heterocycles. The molecule has 0 amide bonds. The van der Waals surface area contributed by atoms with Gasteiger partial charge in [-0.2, -0.15) is 0 Å². The molecule has 4 heteroatoms. The zero-order valence-electron chi connectivity index (χ0n) is 10.4. The minimum absolute atomic E-state index is 0.0606.